The maximum atomic E-state index is 13.1. The molecule has 0 aliphatic carbocycles. The van der Waals surface area contributed by atoms with E-state index in [1.54, 1.807) is 22.9 Å². The number of benzene rings is 1. The molecule has 8 heteroatoms. The Labute approximate surface area is 202 Å². The molecule has 5 rings (SSSR count). The van der Waals surface area contributed by atoms with E-state index in [9.17, 15) is 9.59 Å². The van der Waals surface area contributed by atoms with Gasteiger partial charge in [0.15, 0.2) is 5.65 Å². The maximum absolute atomic E-state index is 13.1. The van der Waals surface area contributed by atoms with Crippen molar-refractivity contribution < 1.29 is 4.79 Å². The molecule has 0 saturated heterocycles. The van der Waals surface area contributed by atoms with Gasteiger partial charge < -0.3 is 9.72 Å². The number of aromatic nitrogens is 5. The maximum Gasteiger partial charge on any atom is 0.276 e. The molecule has 0 saturated carbocycles. The van der Waals surface area contributed by atoms with Gasteiger partial charge in [0.05, 0.1) is 17.8 Å². The van der Waals surface area contributed by atoms with Crippen LogP contribution in [0.15, 0.2) is 65.7 Å². The predicted molar refractivity (Wildman–Crippen MR) is 136 cm³/mol. The third kappa shape index (κ3) is 4.12. The summed E-state index contributed by atoms with van der Waals surface area (Å²) in [6.07, 6.45) is 4.31. The van der Waals surface area contributed by atoms with E-state index in [4.69, 9.17) is 0 Å². The highest BCUT2D eigenvalue weighted by molar-refractivity contribution is 5.94. The van der Waals surface area contributed by atoms with E-state index >= 15 is 0 Å². The van der Waals surface area contributed by atoms with Crippen LogP contribution in [0.1, 0.15) is 39.8 Å². The van der Waals surface area contributed by atoms with Crippen LogP contribution in [0.5, 0.6) is 0 Å². The zero-order chi connectivity index (χ0) is 24.5. The number of fused-ring (bicyclic) bond motifs is 3. The fraction of sp³-hybridized carbons (Fsp3) is 0.259. The average molecular weight is 469 g/mol. The van der Waals surface area contributed by atoms with Crippen LogP contribution in [-0.4, -0.2) is 36.2 Å². The van der Waals surface area contributed by atoms with E-state index in [1.807, 2.05) is 58.6 Å². The summed E-state index contributed by atoms with van der Waals surface area (Å²) < 4.78 is 5.54. The number of rotatable bonds is 7. The highest BCUT2D eigenvalue weighted by Gasteiger charge is 2.13. The van der Waals surface area contributed by atoms with Crippen molar-refractivity contribution in [3.63, 3.8) is 0 Å². The van der Waals surface area contributed by atoms with Gasteiger partial charge in [-0.2, -0.15) is 5.10 Å². The average Bonchev–Trinajstić information content (AvgIpc) is 3.47. The Bertz CT molecular complexity index is 1590. The van der Waals surface area contributed by atoms with Gasteiger partial charge in [0.2, 0.25) is 0 Å². The topological polar surface area (TPSA) is 86.2 Å². The molecular formula is C27H28N6O2. The minimum atomic E-state index is -0.117. The van der Waals surface area contributed by atoms with E-state index in [1.165, 1.54) is 5.56 Å². The lowest BCUT2D eigenvalue weighted by molar-refractivity contribution is 0.0954. The smallest absolute Gasteiger partial charge is 0.276 e. The van der Waals surface area contributed by atoms with Crippen molar-refractivity contribution in [3.05, 3.63) is 99.4 Å². The number of aryl methyl sites for hydroxylation is 2. The third-order valence-corrected chi connectivity index (χ3v) is 6.54. The zero-order valence-corrected chi connectivity index (χ0v) is 20.2. The second-order valence-electron chi connectivity index (χ2n) is 8.67. The van der Waals surface area contributed by atoms with E-state index in [2.05, 4.69) is 29.2 Å². The molecule has 5 aromatic rings. The van der Waals surface area contributed by atoms with Gasteiger partial charge in [0.1, 0.15) is 5.52 Å². The number of carbonyl (C=O) groups is 1. The van der Waals surface area contributed by atoms with Crippen LogP contribution in [-0.2, 0) is 19.5 Å². The van der Waals surface area contributed by atoms with Gasteiger partial charge in [-0.3, -0.25) is 18.8 Å². The summed E-state index contributed by atoms with van der Waals surface area (Å²) in [5.41, 5.74) is 6.87. The fourth-order valence-corrected chi connectivity index (χ4v) is 4.68. The Morgan fingerprint density at radius 1 is 1.03 bits per heavy atom. The van der Waals surface area contributed by atoms with Crippen LogP contribution in [0.25, 0.3) is 16.7 Å². The number of nitrogens with one attached hydrogen (secondary N) is 1. The van der Waals surface area contributed by atoms with Crippen LogP contribution in [0.2, 0.25) is 0 Å². The van der Waals surface area contributed by atoms with Crippen molar-refractivity contribution in [2.24, 2.45) is 0 Å². The molecule has 0 fully saturated rings. The first-order valence-electron chi connectivity index (χ1n) is 11.8. The summed E-state index contributed by atoms with van der Waals surface area (Å²) in [5.74, 6) is -0.117. The molecule has 0 unspecified atom stereocenters. The first-order valence-corrected chi connectivity index (χ1v) is 11.8. The quantitative estimate of drug-likeness (QED) is 0.396. The normalized spacial score (nSPS) is 11.4. The summed E-state index contributed by atoms with van der Waals surface area (Å²) in [4.78, 5) is 30.3. The molecule has 0 aliphatic heterocycles. The highest BCUT2D eigenvalue weighted by Crippen LogP contribution is 2.16. The molecule has 4 aromatic heterocycles. The lowest BCUT2D eigenvalue weighted by atomic mass is 10.1. The van der Waals surface area contributed by atoms with Crippen molar-refractivity contribution in [2.75, 3.05) is 6.54 Å². The molecule has 1 N–H and O–H groups in total. The Balaban J connectivity index is 1.30. The zero-order valence-electron chi connectivity index (χ0n) is 20.2. The second-order valence-corrected chi connectivity index (χ2v) is 8.67. The number of carbonyl (C=O) groups excluding carboxylic acids is 1. The van der Waals surface area contributed by atoms with Crippen molar-refractivity contribution in [2.45, 2.75) is 40.3 Å². The highest BCUT2D eigenvalue weighted by atomic mass is 16.1. The molecule has 0 bridgehead atoms. The first-order chi connectivity index (χ1) is 17.0. The summed E-state index contributed by atoms with van der Waals surface area (Å²) in [6.45, 7) is 7.90. The SMILES string of the molecule is CCn1nc(C)c(CCNC(=O)c2ccc(Cn3c(=O)c4cccn4c4cccnc43)cc2)c1C. The third-order valence-electron chi connectivity index (χ3n) is 6.54. The van der Waals surface area contributed by atoms with Crippen molar-refractivity contribution in [1.29, 1.82) is 0 Å². The molecule has 1 amide bonds. The van der Waals surface area contributed by atoms with Crippen LogP contribution in [0.4, 0.5) is 0 Å². The lowest BCUT2D eigenvalue weighted by Gasteiger charge is -2.12. The Hall–Kier alpha value is -4.20. The van der Waals surface area contributed by atoms with Gasteiger partial charge >= 0.3 is 0 Å². The van der Waals surface area contributed by atoms with Gasteiger partial charge in [0.25, 0.3) is 11.5 Å². The number of hydrogen-bond donors (Lipinski definition) is 1. The van der Waals surface area contributed by atoms with E-state index in [0.717, 1.165) is 35.4 Å². The number of hydrogen-bond acceptors (Lipinski definition) is 4. The molecular weight excluding hydrogens is 440 g/mol. The summed E-state index contributed by atoms with van der Waals surface area (Å²) >= 11 is 0. The monoisotopic (exact) mass is 468 g/mol. The molecule has 0 spiro atoms. The van der Waals surface area contributed by atoms with Gasteiger partial charge in [-0.15, -0.1) is 0 Å². The number of nitrogens with zero attached hydrogens (tertiary/aromatic N) is 5. The Morgan fingerprint density at radius 2 is 1.80 bits per heavy atom. The van der Waals surface area contributed by atoms with Gasteiger partial charge in [-0.05, 0) is 74.7 Å². The summed E-state index contributed by atoms with van der Waals surface area (Å²) in [5, 5.41) is 7.55. The van der Waals surface area contributed by atoms with Crippen LogP contribution >= 0.6 is 0 Å². The Morgan fingerprint density at radius 3 is 2.54 bits per heavy atom. The van der Waals surface area contributed by atoms with Crippen LogP contribution in [0, 0.1) is 13.8 Å². The second kappa shape index (κ2) is 9.21. The molecule has 0 aliphatic rings. The number of pyridine rings is 1. The van der Waals surface area contributed by atoms with E-state index in [0.29, 0.717) is 29.8 Å². The molecule has 4 heterocycles. The summed E-state index contributed by atoms with van der Waals surface area (Å²) in [6, 6.07) is 14.9. The van der Waals surface area contributed by atoms with E-state index in [-0.39, 0.29) is 11.5 Å². The van der Waals surface area contributed by atoms with Gasteiger partial charge in [0, 0.05) is 36.7 Å². The molecule has 178 valence electrons. The number of amides is 1. The molecule has 8 nitrogen and oxygen atoms in total. The van der Waals surface area contributed by atoms with Crippen LogP contribution < -0.4 is 10.9 Å². The molecule has 1 aromatic carbocycles. The fourth-order valence-electron chi connectivity index (χ4n) is 4.68. The molecule has 0 radical (unpaired) electrons. The lowest BCUT2D eigenvalue weighted by Crippen LogP contribution is -2.26. The molecule has 0 atom stereocenters. The predicted octanol–water partition coefficient (Wildman–Crippen LogP) is 3.50. The van der Waals surface area contributed by atoms with Crippen molar-refractivity contribution in [3.8, 4) is 0 Å². The van der Waals surface area contributed by atoms with Gasteiger partial charge in [-0.25, -0.2) is 4.98 Å². The van der Waals surface area contributed by atoms with Crippen molar-refractivity contribution in [1.82, 2.24) is 29.0 Å². The summed E-state index contributed by atoms with van der Waals surface area (Å²) in [7, 11) is 0. The Kier molecular flexibility index (Phi) is 5.94. The van der Waals surface area contributed by atoms with E-state index < -0.39 is 0 Å². The van der Waals surface area contributed by atoms with Crippen molar-refractivity contribution >= 4 is 22.6 Å². The minimum Gasteiger partial charge on any atom is -0.352 e. The van der Waals surface area contributed by atoms with Crippen LogP contribution in [0.3, 0.4) is 0 Å². The standard InChI is InChI=1S/C27H28N6O2/c1-4-33-19(3)22(18(2)30-33)13-15-29-26(34)21-11-9-20(10-12-21)17-32-25-23(7-5-14-28-25)31-16-6-8-24(31)27(32)35/h5-12,14,16H,4,13,15,17H2,1-3H3,(H,29,34). The van der Waals surface area contributed by atoms with Gasteiger partial charge in [-0.1, -0.05) is 12.1 Å². The molecule has 35 heavy (non-hydrogen) atoms. The minimum absolute atomic E-state index is 0.0972. The largest absolute Gasteiger partial charge is 0.352 e. The first kappa shape index (κ1) is 22.6.